The molecule has 0 unspecified atom stereocenters. The van der Waals surface area contributed by atoms with Gasteiger partial charge in [-0.1, -0.05) is 23.4 Å². The molecule has 38 heavy (non-hydrogen) atoms. The number of benzene rings is 1. The first-order valence-electron chi connectivity index (χ1n) is 11.2. The van der Waals surface area contributed by atoms with Crippen LogP contribution < -0.4 is 10.6 Å². The number of thioether (sulfide) groups is 2. The zero-order chi connectivity index (χ0) is 27.2. The first-order chi connectivity index (χ1) is 18.3. The molecule has 0 radical (unpaired) electrons. The normalized spacial score (nSPS) is 14.2. The summed E-state index contributed by atoms with van der Waals surface area (Å²) < 4.78 is 4.66. The van der Waals surface area contributed by atoms with Gasteiger partial charge < -0.3 is 15.2 Å². The summed E-state index contributed by atoms with van der Waals surface area (Å²) in [6.07, 6.45) is 5.58. The van der Waals surface area contributed by atoms with Gasteiger partial charge in [-0.05, 0) is 25.4 Å². The van der Waals surface area contributed by atoms with Crippen LogP contribution in [0.15, 0.2) is 63.0 Å². The molecular weight excluding hydrogens is 530 g/mol. The standard InChI is InChI=1S/C17H16N4O3S.C8H5NO3S/c1-18-7-8-25-12-9-11(22)14-13(16(12)23)15(21-20-14)17(24)19-10-5-3-2-4-6-10;1-13-6-2-5(10)8-4(7(6)11)3-9-12-8/h2-6,9,18H,7-8H2,1H3,(H,19,24)(H,20,21);2-3H,1H3. The summed E-state index contributed by atoms with van der Waals surface area (Å²) in [6, 6.07) is 8.85. The van der Waals surface area contributed by atoms with Crippen LogP contribution in [0.2, 0.25) is 0 Å². The largest absolute Gasteiger partial charge is 0.352 e. The van der Waals surface area contributed by atoms with Crippen molar-refractivity contribution in [3.05, 3.63) is 86.8 Å². The lowest BCUT2D eigenvalue weighted by Crippen LogP contribution is -2.21. The number of carbonyl (C=O) groups is 5. The number of ketones is 4. The summed E-state index contributed by atoms with van der Waals surface area (Å²) in [5.74, 6) is -1.05. The van der Waals surface area contributed by atoms with Crippen molar-refractivity contribution in [2.45, 2.75) is 0 Å². The maximum atomic E-state index is 12.7. The molecule has 1 aromatic carbocycles. The number of fused-ring (bicyclic) bond motifs is 2. The van der Waals surface area contributed by atoms with Crippen LogP contribution in [-0.4, -0.2) is 70.0 Å². The number of nitrogens with zero attached hydrogens (tertiary/aromatic N) is 2. The van der Waals surface area contributed by atoms with Gasteiger partial charge in [-0.15, -0.1) is 23.5 Å². The number of hydrogen-bond donors (Lipinski definition) is 3. The van der Waals surface area contributed by atoms with Crippen molar-refractivity contribution in [1.82, 2.24) is 20.7 Å². The van der Waals surface area contributed by atoms with Crippen LogP contribution in [0.3, 0.4) is 0 Å². The molecule has 0 atom stereocenters. The number of carbonyl (C=O) groups excluding carboxylic acids is 5. The number of para-hydroxylation sites is 1. The second kappa shape index (κ2) is 12.0. The lowest BCUT2D eigenvalue weighted by Gasteiger charge is -2.12. The molecule has 1 amide bonds. The van der Waals surface area contributed by atoms with Crippen LogP contribution in [0.25, 0.3) is 0 Å². The van der Waals surface area contributed by atoms with E-state index < -0.39 is 5.91 Å². The van der Waals surface area contributed by atoms with Crippen LogP contribution in [0.1, 0.15) is 52.2 Å². The Balaban J connectivity index is 0.000000216. The number of aromatic amines is 1. The smallest absolute Gasteiger partial charge is 0.274 e. The highest BCUT2D eigenvalue weighted by Crippen LogP contribution is 2.29. The number of rotatable bonds is 7. The SMILES string of the molecule is CNCCSC1=CC(=O)c2n[nH]c(C(=O)Nc3ccccc3)c2C1=O.CSC1=CC(=O)c2oncc2C1=O. The first-order valence-corrected chi connectivity index (χ1v) is 13.4. The van der Waals surface area contributed by atoms with Crippen LogP contribution in [0, 0.1) is 0 Å². The van der Waals surface area contributed by atoms with E-state index in [0.29, 0.717) is 27.8 Å². The predicted molar refractivity (Wildman–Crippen MR) is 143 cm³/mol. The molecule has 194 valence electrons. The van der Waals surface area contributed by atoms with Crippen molar-refractivity contribution in [1.29, 1.82) is 0 Å². The van der Waals surface area contributed by atoms with Crippen LogP contribution in [0.4, 0.5) is 5.69 Å². The van der Waals surface area contributed by atoms with Crippen molar-refractivity contribution in [3.63, 3.8) is 0 Å². The third kappa shape index (κ3) is 5.59. The number of allylic oxidation sites excluding steroid dienone is 4. The first kappa shape index (κ1) is 27.0. The maximum Gasteiger partial charge on any atom is 0.274 e. The lowest BCUT2D eigenvalue weighted by atomic mass is 9.99. The highest BCUT2D eigenvalue weighted by atomic mass is 32.2. The molecule has 0 bridgehead atoms. The molecule has 3 N–H and O–H groups in total. The van der Waals surface area contributed by atoms with Crippen molar-refractivity contribution in [2.75, 3.05) is 30.9 Å². The van der Waals surface area contributed by atoms with E-state index in [1.54, 1.807) is 30.5 Å². The molecule has 0 fully saturated rings. The Hall–Kier alpha value is -4.07. The summed E-state index contributed by atoms with van der Waals surface area (Å²) in [5.41, 5.74) is 0.868. The minimum absolute atomic E-state index is 0.00276. The minimum atomic E-state index is -0.512. The molecular formula is C25H21N5O6S2. The van der Waals surface area contributed by atoms with Crippen molar-refractivity contribution in [2.24, 2.45) is 0 Å². The Labute approximate surface area is 224 Å². The van der Waals surface area contributed by atoms with Crippen molar-refractivity contribution >= 4 is 58.3 Å². The van der Waals surface area contributed by atoms with Gasteiger partial charge in [-0.3, -0.25) is 29.1 Å². The Bertz CT molecular complexity index is 1490. The van der Waals surface area contributed by atoms with Gasteiger partial charge in [-0.25, -0.2) is 0 Å². The monoisotopic (exact) mass is 551 g/mol. The van der Waals surface area contributed by atoms with Gasteiger partial charge >= 0.3 is 0 Å². The fourth-order valence-corrected chi connectivity index (χ4v) is 4.95. The Morgan fingerprint density at radius 2 is 1.76 bits per heavy atom. The second-order valence-corrected chi connectivity index (χ2v) is 9.76. The van der Waals surface area contributed by atoms with E-state index in [4.69, 9.17) is 0 Å². The van der Waals surface area contributed by atoms with Gasteiger partial charge in [-0.2, -0.15) is 5.10 Å². The van der Waals surface area contributed by atoms with Crippen LogP contribution in [0.5, 0.6) is 0 Å². The summed E-state index contributed by atoms with van der Waals surface area (Å²) in [6.45, 7) is 0.697. The Morgan fingerprint density at radius 1 is 1.03 bits per heavy atom. The number of nitrogens with one attached hydrogen (secondary N) is 3. The molecule has 3 aromatic rings. The Kier molecular flexibility index (Phi) is 8.51. The van der Waals surface area contributed by atoms with Crippen molar-refractivity contribution in [3.8, 4) is 0 Å². The third-order valence-corrected chi connectivity index (χ3v) is 7.09. The summed E-state index contributed by atoms with van der Waals surface area (Å²) in [4.78, 5) is 60.9. The predicted octanol–water partition coefficient (Wildman–Crippen LogP) is 3.18. The molecule has 2 aromatic heterocycles. The average Bonchev–Trinajstić information content (AvgIpc) is 3.59. The number of amides is 1. The number of H-pyrrole nitrogens is 1. The summed E-state index contributed by atoms with van der Waals surface area (Å²) in [7, 11) is 1.81. The molecule has 2 heterocycles. The molecule has 0 spiro atoms. The van der Waals surface area contributed by atoms with E-state index in [1.165, 1.54) is 41.9 Å². The van der Waals surface area contributed by atoms with Crippen LogP contribution in [-0.2, 0) is 0 Å². The maximum absolute atomic E-state index is 12.7. The number of anilines is 1. The van der Waals surface area contributed by atoms with E-state index >= 15 is 0 Å². The van der Waals surface area contributed by atoms with Gasteiger partial charge in [0.05, 0.1) is 27.1 Å². The van der Waals surface area contributed by atoms with Gasteiger partial charge in [0, 0.05) is 30.1 Å². The fourth-order valence-electron chi connectivity index (χ4n) is 3.48. The zero-order valence-corrected chi connectivity index (χ0v) is 21.8. The quantitative estimate of drug-likeness (QED) is 0.369. The summed E-state index contributed by atoms with van der Waals surface area (Å²) >= 11 is 2.53. The fraction of sp³-hybridized carbons (Fsp3) is 0.160. The lowest BCUT2D eigenvalue weighted by molar-refractivity contribution is 0.0967. The number of aromatic nitrogens is 3. The number of Topliss-reactive ketones (excluding diaryl/α,β-unsaturated/α-hetero) is 2. The molecule has 2 aliphatic carbocycles. The second-order valence-electron chi connectivity index (χ2n) is 7.77. The highest BCUT2D eigenvalue weighted by Gasteiger charge is 2.34. The molecule has 2 aliphatic rings. The molecule has 0 aliphatic heterocycles. The van der Waals surface area contributed by atoms with Gasteiger partial charge in [0.25, 0.3) is 5.91 Å². The van der Waals surface area contributed by atoms with E-state index in [0.717, 1.165) is 0 Å². The van der Waals surface area contributed by atoms with Crippen LogP contribution >= 0.6 is 23.5 Å². The third-order valence-electron chi connectivity index (χ3n) is 5.33. The van der Waals surface area contributed by atoms with Crippen molar-refractivity contribution < 1.29 is 28.5 Å². The van der Waals surface area contributed by atoms with E-state index in [9.17, 15) is 24.0 Å². The zero-order valence-electron chi connectivity index (χ0n) is 20.2. The molecule has 5 rings (SSSR count). The van der Waals surface area contributed by atoms with E-state index in [1.807, 2.05) is 13.1 Å². The van der Waals surface area contributed by atoms with Gasteiger partial charge in [0.15, 0.2) is 0 Å². The van der Waals surface area contributed by atoms with E-state index in [2.05, 4.69) is 30.5 Å². The van der Waals surface area contributed by atoms with Gasteiger partial charge in [0.1, 0.15) is 11.4 Å². The highest BCUT2D eigenvalue weighted by molar-refractivity contribution is 8.04. The minimum Gasteiger partial charge on any atom is -0.352 e. The Morgan fingerprint density at radius 3 is 2.47 bits per heavy atom. The molecule has 0 saturated heterocycles. The molecule has 13 heteroatoms. The topological polar surface area (TPSA) is 164 Å². The molecule has 0 saturated carbocycles. The summed E-state index contributed by atoms with van der Waals surface area (Å²) in [5, 5.41) is 15.5. The number of hydrogen-bond acceptors (Lipinski definition) is 11. The molecule has 11 nitrogen and oxygen atoms in total. The van der Waals surface area contributed by atoms with Gasteiger partial charge in [0.2, 0.25) is 28.9 Å². The van der Waals surface area contributed by atoms with E-state index in [-0.39, 0.29) is 51.4 Å². The average molecular weight is 552 g/mol.